The number of nitrogens with zero attached hydrogens (tertiary/aromatic N) is 1. The second-order valence-corrected chi connectivity index (χ2v) is 4.84. The van der Waals surface area contributed by atoms with Crippen LogP contribution >= 0.6 is 0 Å². The first kappa shape index (κ1) is 15.9. The number of nitrogens with two attached hydrogens (primary N) is 1. The molecular weight excluding hydrogens is 224 g/mol. The Kier molecular flexibility index (Phi) is 6.12. The molecule has 0 spiro atoms. The van der Waals surface area contributed by atoms with E-state index < -0.39 is 11.5 Å². The van der Waals surface area contributed by atoms with E-state index in [4.69, 9.17) is 15.6 Å². The molecule has 0 saturated heterocycles. The maximum atomic E-state index is 12.0. The van der Waals surface area contributed by atoms with Gasteiger partial charge in [0.1, 0.15) is 6.54 Å². The molecule has 3 N–H and O–H groups in total. The molecule has 0 aromatic carbocycles. The van der Waals surface area contributed by atoms with E-state index in [2.05, 4.69) is 0 Å². The monoisotopic (exact) mass is 246 g/mol. The third-order valence-corrected chi connectivity index (χ3v) is 2.40. The molecule has 0 heterocycles. The number of carboxylic acid groups (broad SMARTS) is 1. The fourth-order valence-electron chi connectivity index (χ4n) is 1.40. The molecule has 1 amide bonds. The highest BCUT2D eigenvalue weighted by Gasteiger charge is 2.29. The normalized spacial score (nSPS) is 13.2. The lowest BCUT2D eigenvalue weighted by Crippen LogP contribution is -2.49. The van der Waals surface area contributed by atoms with Crippen LogP contribution in [0.1, 0.15) is 27.2 Å². The smallest absolute Gasteiger partial charge is 0.323 e. The van der Waals surface area contributed by atoms with Gasteiger partial charge in [0.25, 0.3) is 0 Å². The van der Waals surface area contributed by atoms with Crippen molar-refractivity contribution in [2.75, 3.05) is 20.2 Å². The summed E-state index contributed by atoms with van der Waals surface area (Å²) < 4.78 is 5.02. The van der Waals surface area contributed by atoms with E-state index in [0.29, 0.717) is 0 Å². The van der Waals surface area contributed by atoms with Gasteiger partial charge in [0.15, 0.2) is 0 Å². The van der Waals surface area contributed by atoms with E-state index in [1.165, 1.54) is 12.0 Å². The fraction of sp³-hybridized carbons (Fsp3) is 0.818. The minimum absolute atomic E-state index is 0.0948. The minimum Gasteiger partial charge on any atom is -0.480 e. The maximum absolute atomic E-state index is 12.0. The predicted octanol–water partition coefficient (Wildman–Crippen LogP) is 0.0619. The number of aliphatic carboxylic acids is 1. The molecule has 0 saturated carbocycles. The van der Waals surface area contributed by atoms with Crippen LogP contribution in [-0.4, -0.2) is 53.7 Å². The van der Waals surface area contributed by atoms with Crippen molar-refractivity contribution in [1.82, 2.24) is 4.90 Å². The van der Waals surface area contributed by atoms with Crippen LogP contribution in [0.25, 0.3) is 0 Å². The van der Waals surface area contributed by atoms with Gasteiger partial charge in [0.05, 0.1) is 12.5 Å². The molecule has 6 heteroatoms. The average Bonchev–Trinajstić information content (AvgIpc) is 2.20. The molecule has 100 valence electrons. The Balaban J connectivity index is 4.70. The summed E-state index contributed by atoms with van der Waals surface area (Å²) in [7, 11) is 1.48. The van der Waals surface area contributed by atoms with Crippen LogP contribution in [0.15, 0.2) is 0 Å². The quantitative estimate of drug-likeness (QED) is 0.691. The summed E-state index contributed by atoms with van der Waals surface area (Å²) in [5.74, 6) is -1.30. The van der Waals surface area contributed by atoms with Crippen molar-refractivity contribution in [1.29, 1.82) is 0 Å². The van der Waals surface area contributed by atoms with Crippen LogP contribution in [0.3, 0.4) is 0 Å². The summed E-state index contributed by atoms with van der Waals surface area (Å²) in [6.07, 6.45) is -0.279. The predicted molar refractivity (Wildman–Crippen MR) is 63.6 cm³/mol. The number of hydrogen-bond donors (Lipinski definition) is 2. The molecule has 6 nitrogen and oxygen atoms in total. The fourth-order valence-corrected chi connectivity index (χ4v) is 1.40. The zero-order valence-electron chi connectivity index (χ0n) is 10.9. The number of carboxylic acids is 1. The Labute approximate surface area is 102 Å². The Morgan fingerprint density at radius 3 is 2.24 bits per heavy atom. The minimum atomic E-state index is -1.03. The molecule has 0 fully saturated rings. The van der Waals surface area contributed by atoms with E-state index in [1.54, 1.807) is 20.8 Å². The molecule has 0 radical (unpaired) electrons. The number of carbonyl (C=O) groups excluding carboxylic acids is 1. The van der Waals surface area contributed by atoms with Crippen LogP contribution in [0.4, 0.5) is 0 Å². The van der Waals surface area contributed by atoms with Crippen LogP contribution in [-0.2, 0) is 14.3 Å². The second kappa shape index (κ2) is 6.56. The van der Waals surface area contributed by atoms with Crippen molar-refractivity contribution in [2.45, 2.75) is 38.8 Å². The molecule has 0 aliphatic rings. The van der Waals surface area contributed by atoms with Gasteiger partial charge in [-0.05, 0) is 20.8 Å². The summed E-state index contributed by atoms with van der Waals surface area (Å²) >= 11 is 0. The largest absolute Gasteiger partial charge is 0.480 e. The molecule has 0 aliphatic heterocycles. The van der Waals surface area contributed by atoms with E-state index in [1.807, 2.05) is 0 Å². The highest BCUT2D eigenvalue weighted by molar-refractivity contribution is 5.82. The van der Waals surface area contributed by atoms with Crippen LogP contribution in [0.5, 0.6) is 0 Å². The number of methoxy groups -OCH3 is 1. The standard InChI is InChI=1S/C11H22N2O4/c1-11(2,3)13(7-10(15)16)9(14)5-8(6-12)17-4/h8H,5-7,12H2,1-4H3,(H,15,16). The maximum Gasteiger partial charge on any atom is 0.323 e. The van der Waals surface area contributed by atoms with E-state index in [0.717, 1.165) is 0 Å². The van der Waals surface area contributed by atoms with Gasteiger partial charge < -0.3 is 20.5 Å². The van der Waals surface area contributed by atoms with Gasteiger partial charge in [-0.25, -0.2) is 0 Å². The molecule has 0 aromatic rings. The number of hydrogen-bond acceptors (Lipinski definition) is 4. The van der Waals surface area contributed by atoms with Gasteiger partial charge in [-0.15, -0.1) is 0 Å². The summed E-state index contributed by atoms with van der Waals surface area (Å²) in [5, 5.41) is 8.79. The van der Waals surface area contributed by atoms with Gasteiger partial charge in [-0.2, -0.15) is 0 Å². The molecule has 0 bridgehead atoms. The molecule has 0 aromatic heterocycles. The lowest BCUT2D eigenvalue weighted by atomic mass is 10.0. The summed E-state index contributed by atoms with van der Waals surface area (Å²) in [4.78, 5) is 24.0. The van der Waals surface area contributed by atoms with Crippen LogP contribution in [0, 0.1) is 0 Å². The average molecular weight is 246 g/mol. The van der Waals surface area contributed by atoms with Crippen LogP contribution in [0.2, 0.25) is 0 Å². The Hall–Kier alpha value is -1.14. The second-order valence-electron chi connectivity index (χ2n) is 4.84. The number of ether oxygens (including phenoxy) is 1. The molecule has 0 aliphatic carbocycles. The molecule has 1 unspecified atom stereocenters. The highest BCUT2D eigenvalue weighted by atomic mass is 16.5. The number of carbonyl (C=O) groups is 2. The van der Waals surface area contributed by atoms with Crippen molar-refractivity contribution in [2.24, 2.45) is 5.73 Å². The van der Waals surface area contributed by atoms with Crippen molar-refractivity contribution >= 4 is 11.9 Å². The van der Waals surface area contributed by atoms with Gasteiger partial charge in [-0.1, -0.05) is 0 Å². The summed E-state index contributed by atoms with van der Waals surface area (Å²) in [6.45, 7) is 5.28. The molecule has 17 heavy (non-hydrogen) atoms. The number of rotatable bonds is 6. The zero-order valence-corrected chi connectivity index (χ0v) is 10.9. The lowest BCUT2D eigenvalue weighted by Gasteiger charge is -2.35. The van der Waals surface area contributed by atoms with E-state index >= 15 is 0 Å². The van der Waals surface area contributed by atoms with Crippen LogP contribution < -0.4 is 5.73 Å². The van der Waals surface area contributed by atoms with Crippen molar-refractivity contribution in [3.8, 4) is 0 Å². The van der Waals surface area contributed by atoms with Gasteiger partial charge in [-0.3, -0.25) is 9.59 Å². The Bertz CT molecular complexity index is 269. The summed E-state index contributed by atoms with van der Waals surface area (Å²) in [5.41, 5.74) is 4.89. The first-order valence-corrected chi connectivity index (χ1v) is 5.47. The molecule has 0 rings (SSSR count). The van der Waals surface area contributed by atoms with Crippen molar-refractivity contribution < 1.29 is 19.4 Å². The third kappa shape index (κ3) is 5.65. The zero-order chi connectivity index (χ0) is 13.6. The first-order chi connectivity index (χ1) is 7.72. The first-order valence-electron chi connectivity index (χ1n) is 5.47. The molecule has 1 atom stereocenters. The third-order valence-electron chi connectivity index (χ3n) is 2.40. The highest BCUT2D eigenvalue weighted by Crippen LogP contribution is 2.15. The van der Waals surface area contributed by atoms with Crippen molar-refractivity contribution in [3.63, 3.8) is 0 Å². The molecular formula is C11H22N2O4. The lowest BCUT2D eigenvalue weighted by molar-refractivity contribution is -0.149. The SMILES string of the molecule is COC(CN)CC(=O)N(CC(=O)O)C(C)(C)C. The van der Waals surface area contributed by atoms with E-state index in [9.17, 15) is 9.59 Å². The number of amides is 1. The van der Waals surface area contributed by atoms with Gasteiger partial charge >= 0.3 is 5.97 Å². The van der Waals surface area contributed by atoms with E-state index in [-0.39, 0.29) is 31.5 Å². The Morgan fingerprint density at radius 2 is 1.94 bits per heavy atom. The van der Waals surface area contributed by atoms with Gasteiger partial charge in [0.2, 0.25) is 5.91 Å². The van der Waals surface area contributed by atoms with Crippen molar-refractivity contribution in [3.05, 3.63) is 0 Å². The summed E-state index contributed by atoms with van der Waals surface area (Å²) in [6, 6.07) is 0. The van der Waals surface area contributed by atoms with Gasteiger partial charge in [0, 0.05) is 19.2 Å². The topological polar surface area (TPSA) is 92.9 Å². The Morgan fingerprint density at radius 1 is 1.41 bits per heavy atom.